The van der Waals surface area contributed by atoms with Crippen LogP contribution < -0.4 is 10.2 Å². The Labute approximate surface area is 120 Å². The van der Waals surface area contributed by atoms with Gasteiger partial charge in [0.05, 0.1) is 12.0 Å². The second-order valence-corrected chi connectivity index (χ2v) is 5.22. The fourth-order valence-electron chi connectivity index (χ4n) is 2.82. The monoisotopic (exact) mass is 277 g/mol. The Balaban J connectivity index is 2.04. The van der Waals surface area contributed by atoms with Crippen LogP contribution in [0, 0.1) is 5.41 Å². The number of piperidine rings is 1. The second kappa shape index (κ2) is 6.70. The maximum absolute atomic E-state index is 12.3. The largest absolute Gasteiger partial charge is 0.466 e. The number of hydrogen-bond donors (Lipinski definition) is 1. The molecule has 0 amide bonds. The average Bonchev–Trinajstić information content (AvgIpc) is 2.49. The number of ether oxygens (including phenoxy) is 1. The van der Waals surface area contributed by atoms with Gasteiger partial charge in [0.25, 0.3) is 0 Å². The van der Waals surface area contributed by atoms with Gasteiger partial charge in [0.1, 0.15) is 0 Å². The molecule has 1 aliphatic heterocycles. The normalized spacial score (nSPS) is 17.8. The van der Waals surface area contributed by atoms with Gasteiger partial charge in [-0.2, -0.15) is 0 Å². The summed E-state index contributed by atoms with van der Waals surface area (Å²) in [5.41, 5.74) is 0.788. The highest BCUT2D eigenvalue weighted by molar-refractivity contribution is 5.77. The number of aromatic nitrogens is 1. The molecule has 0 spiro atoms. The van der Waals surface area contributed by atoms with E-state index in [1.54, 1.807) is 12.4 Å². The Kier molecular flexibility index (Phi) is 4.95. The van der Waals surface area contributed by atoms with Crippen LogP contribution in [0.3, 0.4) is 0 Å². The van der Waals surface area contributed by atoms with Crippen LogP contribution in [-0.2, 0) is 9.53 Å². The molecule has 0 bridgehead atoms. The molecule has 2 rings (SSSR count). The molecule has 1 aromatic rings. The number of pyridine rings is 1. The molecule has 1 aliphatic rings. The molecule has 1 saturated heterocycles. The standard InChI is InChI=1S/C15H23N3O2/c1-3-20-14(19)15(12-16-2)6-10-18(11-7-15)13-4-8-17-9-5-13/h4-5,8-9,16H,3,6-7,10-12H2,1-2H3. The van der Waals surface area contributed by atoms with Crippen LogP contribution in [0.1, 0.15) is 19.8 Å². The lowest BCUT2D eigenvalue weighted by atomic mass is 9.78. The Morgan fingerprint density at radius 2 is 2.05 bits per heavy atom. The molecular weight excluding hydrogens is 254 g/mol. The van der Waals surface area contributed by atoms with Crippen molar-refractivity contribution in [2.24, 2.45) is 5.41 Å². The average molecular weight is 277 g/mol. The molecular formula is C15H23N3O2. The van der Waals surface area contributed by atoms with Crippen molar-refractivity contribution < 1.29 is 9.53 Å². The Hall–Kier alpha value is -1.62. The molecule has 1 aromatic heterocycles. The Morgan fingerprint density at radius 1 is 1.40 bits per heavy atom. The van der Waals surface area contributed by atoms with Crippen LogP contribution in [0.15, 0.2) is 24.5 Å². The number of carbonyl (C=O) groups is 1. The SMILES string of the molecule is CCOC(=O)C1(CNC)CCN(c2ccncc2)CC1. The molecule has 0 atom stereocenters. The molecule has 5 heteroatoms. The number of rotatable bonds is 5. The third kappa shape index (κ3) is 3.10. The molecule has 0 aliphatic carbocycles. The van der Waals surface area contributed by atoms with Crippen molar-refractivity contribution in [1.82, 2.24) is 10.3 Å². The quantitative estimate of drug-likeness (QED) is 0.826. The zero-order valence-electron chi connectivity index (χ0n) is 12.3. The third-order valence-corrected chi connectivity index (χ3v) is 3.97. The van der Waals surface area contributed by atoms with Gasteiger partial charge in [0.15, 0.2) is 0 Å². The van der Waals surface area contributed by atoms with Crippen LogP contribution in [0.5, 0.6) is 0 Å². The van der Waals surface area contributed by atoms with Crippen molar-refractivity contribution in [2.75, 3.05) is 38.2 Å². The lowest BCUT2D eigenvalue weighted by Gasteiger charge is -2.40. The van der Waals surface area contributed by atoms with E-state index in [9.17, 15) is 4.79 Å². The molecule has 1 fully saturated rings. The summed E-state index contributed by atoms with van der Waals surface area (Å²) in [7, 11) is 1.89. The first-order valence-corrected chi connectivity index (χ1v) is 7.18. The van der Waals surface area contributed by atoms with E-state index >= 15 is 0 Å². The topological polar surface area (TPSA) is 54.5 Å². The van der Waals surface area contributed by atoms with Crippen molar-refractivity contribution in [2.45, 2.75) is 19.8 Å². The van der Waals surface area contributed by atoms with E-state index in [2.05, 4.69) is 15.2 Å². The Morgan fingerprint density at radius 3 is 2.60 bits per heavy atom. The molecule has 0 radical (unpaired) electrons. The first kappa shape index (κ1) is 14.8. The third-order valence-electron chi connectivity index (χ3n) is 3.97. The summed E-state index contributed by atoms with van der Waals surface area (Å²) in [5.74, 6) is -0.0660. The van der Waals surface area contributed by atoms with Crippen molar-refractivity contribution in [3.63, 3.8) is 0 Å². The summed E-state index contributed by atoms with van der Waals surface area (Å²) in [4.78, 5) is 18.6. The minimum absolute atomic E-state index is 0.0660. The predicted molar refractivity (Wildman–Crippen MR) is 78.7 cm³/mol. The van der Waals surface area contributed by atoms with Crippen LogP contribution in [0.25, 0.3) is 0 Å². The van der Waals surface area contributed by atoms with Gasteiger partial charge < -0.3 is 15.0 Å². The highest BCUT2D eigenvalue weighted by Crippen LogP contribution is 2.34. The van der Waals surface area contributed by atoms with Gasteiger partial charge in [-0.25, -0.2) is 0 Å². The van der Waals surface area contributed by atoms with Crippen molar-refractivity contribution in [3.05, 3.63) is 24.5 Å². The number of hydrogen-bond acceptors (Lipinski definition) is 5. The van der Waals surface area contributed by atoms with Crippen molar-refractivity contribution in [1.29, 1.82) is 0 Å². The first-order valence-electron chi connectivity index (χ1n) is 7.18. The summed E-state index contributed by atoms with van der Waals surface area (Å²) in [6.45, 7) is 4.71. The van der Waals surface area contributed by atoms with Gasteiger partial charge in [-0.1, -0.05) is 0 Å². The smallest absolute Gasteiger partial charge is 0.313 e. The van der Waals surface area contributed by atoms with E-state index in [1.807, 2.05) is 26.1 Å². The number of carbonyl (C=O) groups excluding carboxylic acids is 1. The highest BCUT2D eigenvalue weighted by atomic mass is 16.5. The van der Waals surface area contributed by atoms with Gasteiger partial charge in [0.2, 0.25) is 0 Å². The highest BCUT2D eigenvalue weighted by Gasteiger charge is 2.42. The van der Waals surface area contributed by atoms with Crippen LogP contribution >= 0.6 is 0 Å². The van der Waals surface area contributed by atoms with Crippen LogP contribution in [0.2, 0.25) is 0 Å². The van der Waals surface area contributed by atoms with Gasteiger partial charge in [-0.3, -0.25) is 9.78 Å². The molecule has 20 heavy (non-hydrogen) atoms. The zero-order valence-corrected chi connectivity index (χ0v) is 12.3. The number of nitrogens with one attached hydrogen (secondary N) is 1. The molecule has 0 saturated carbocycles. The summed E-state index contributed by atoms with van der Waals surface area (Å²) in [6, 6.07) is 4.02. The van der Waals surface area contributed by atoms with E-state index in [0.717, 1.165) is 25.9 Å². The van der Waals surface area contributed by atoms with Gasteiger partial charge in [-0.15, -0.1) is 0 Å². The summed E-state index contributed by atoms with van der Waals surface area (Å²) in [5, 5.41) is 3.14. The van der Waals surface area contributed by atoms with Gasteiger partial charge in [-0.05, 0) is 38.9 Å². The van der Waals surface area contributed by atoms with E-state index in [-0.39, 0.29) is 11.4 Å². The zero-order chi connectivity index (χ0) is 14.4. The van der Waals surface area contributed by atoms with E-state index in [4.69, 9.17) is 4.74 Å². The van der Waals surface area contributed by atoms with E-state index < -0.39 is 0 Å². The van der Waals surface area contributed by atoms with E-state index in [1.165, 1.54) is 5.69 Å². The predicted octanol–water partition coefficient (Wildman–Crippen LogP) is 1.45. The summed E-state index contributed by atoms with van der Waals surface area (Å²) < 4.78 is 5.27. The number of nitrogens with zero attached hydrogens (tertiary/aromatic N) is 2. The van der Waals surface area contributed by atoms with Gasteiger partial charge >= 0.3 is 5.97 Å². The van der Waals surface area contributed by atoms with Gasteiger partial charge in [0, 0.05) is 37.7 Å². The molecule has 5 nitrogen and oxygen atoms in total. The number of esters is 1. The molecule has 1 N–H and O–H groups in total. The second-order valence-electron chi connectivity index (χ2n) is 5.22. The molecule has 0 unspecified atom stereocenters. The lowest BCUT2D eigenvalue weighted by molar-refractivity contribution is -0.156. The fourth-order valence-corrected chi connectivity index (χ4v) is 2.82. The molecule has 2 heterocycles. The minimum Gasteiger partial charge on any atom is -0.466 e. The number of anilines is 1. The van der Waals surface area contributed by atoms with Crippen LogP contribution in [0.4, 0.5) is 5.69 Å². The molecule has 110 valence electrons. The van der Waals surface area contributed by atoms with E-state index in [0.29, 0.717) is 13.2 Å². The minimum atomic E-state index is -0.381. The summed E-state index contributed by atoms with van der Waals surface area (Å²) >= 11 is 0. The van der Waals surface area contributed by atoms with Crippen LogP contribution in [-0.4, -0.2) is 44.2 Å². The Bertz CT molecular complexity index is 428. The maximum atomic E-state index is 12.3. The lowest BCUT2D eigenvalue weighted by Crippen LogP contribution is -2.49. The van der Waals surface area contributed by atoms with Crippen molar-refractivity contribution in [3.8, 4) is 0 Å². The molecule has 0 aromatic carbocycles. The fraction of sp³-hybridized carbons (Fsp3) is 0.600. The summed E-state index contributed by atoms with van der Waals surface area (Å²) in [6.07, 6.45) is 5.23. The van der Waals surface area contributed by atoms with Crippen molar-refractivity contribution >= 4 is 11.7 Å². The first-order chi connectivity index (χ1) is 9.72. The maximum Gasteiger partial charge on any atom is 0.313 e.